The van der Waals surface area contributed by atoms with Gasteiger partial charge in [-0.15, -0.1) is 11.8 Å². The number of halogens is 2. The van der Waals surface area contributed by atoms with Crippen LogP contribution in [-0.4, -0.2) is 32.7 Å². The van der Waals surface area contributed by atoms with Crippen LogP contribution in [0.1, 0.15) is 27.9 Å². The van der Waals surface area contributed by atoms with Crippen molar-refractivity contribution in [3.8, 4) is 0 Å². The summed E-state index contributed by atoms with van der Waals surface area (Å²) in [6.45, 7) is 0.703. The Morgan fingerprint density at radius 1 is 1.09 bits per heavy atom. The molecule has 176 valence electrons. The molecule has 0 bridgehead atoms. The number of amides is 1. The molecule has 2 N–H and O–H groups in total. The van der Waals surface area contributed by atoms with E-state index in [4.69, 9.17) is 0 Å². The number of benzene rings is 2. The van der Waals surface area contributed by atoms with Crippen LogP contribution in [0.3, 0.4) is 0 Å². The van der Waals surface area contributed by atoms with Crippen LogP contribution in [0.4, 0.5) is 14.6 Å². The van der Waals surface area contributed by atoms with Gasteiger partial charge >= 0.3 is 0 Å². The minimum absolute atomic E-state index is 0.0763. The Balaban J connectivity index is 1.19. The van der Waals surface area contributed by atoms with Gasteiger partial charge in [0.2, 0.25) is 0 Å². The maximum Gasteiger partial charge on any atom is 0.255 e. The molecular weight excluding hydrogens is 468 g/mol. The van der Waals surface area contributed by atoms with Crippen LogP contribution in [0.25, 0.3) is 15.8 Å². The fourth-order valence-electron chi connectivity index (χ4n) is 3.83. The normalized spacial score (nSPS) is 15.1. The molecule has 0 saturated heterocycles. The average Bonchev–Trinajstić information content (AvgIpc) is 3.37. The number of carbonyl (C=O) groups excluding carboxylic acids is 1. The van der Waals surface area contributed by atoms with E-state index in [-0.39, 0.29) is 17.7 Å². The Bertz CT molecular complexity index is 1430. The van der Waals surface area contributed by atoms with Crippen LogP contribution in [0, 0.1) is 11.6 Å². The van der Waals surface area contributed by atoms with E-state index in [2.05, 4.69) is 43.8 Å². The summed E-state index contributed by atoms with van der Waals surface area (Å²) in [5.41, 5.74) is 2.91. The molecule has 0 radical (unpaired) electrons. The molecule has 5 rings (SSSR count). The van der Waals surface area contributed by atoms with Gasteiger partial charge < -0.3 is 10.6 Å². The number of rotatable bonds is 7. The topological polar surface area (TPSA) is 79.8 Å². The number of hydrogen-bond donors (Lipinski definition) is 2. The Morgan fingerprint density at radius 3 is 2.89 bits per heavy atom. The second-order valence-electron chi connectivity index (χ2n) is 8.05. The first-order chi connectivity index (χ1) is 17.1. The summed E-state index contributed by atoms with van der Waals surface area (Å²) in [7, 11) is 0. The van der Waals surface area contributed by atoms with Crippen molar-refractivity contribution in [2.45, 2.75) is 18.2 Å². The summed E-state index contributed by atoms with van der Waals surface area (Å²) in [4.78, 5) is 26.6. The highest BCUT2D eigenvalue weighted by atomic mass is 32.2. The SMILES string of the molecule is O=C(NCc1ccc(F)c(F)c1)c1cccnc1NCC1CC=C(c2ccc3ncncc3c2)S1. The highest BCUT2D eigenvalue weighted by Gasteiger charge is 2.21. The summed E-state index contributed by atoms with van der Waals surface area (Å²) in [6.07, 6.45) is 8.08. The molecule has 35 heavy (non-hydrogen) atoms. The predicted molar refractivity (Wildman–Crippen MR) is 134 cm³/mol. The summed E-state index contributed by atoms with van der Waals surface area (Å²) >= 11 is 1.78. The van der Waals surface area contributed by atoms with Crippen molar-refractivity contribution in [2.75, 3.05) is 11.9 Å². The minimum Gasteiger partial charge on any atom is -0.368 e. The fraction of sp³-hybridized carbons (Fsp3) is 0.154. The molecule has 3 heterocycles. The van der Waals surface area contributed by atoms with E-state index in [1.165, 1.54) is 11.0 Å². The first-order valence-electron chi connectivity index (χ1n) is 11.0. The van der Waals surface area contributed by atoms with Gasteiger partial charge in [-0.1, -0.05) is 18.2 Å². The van der Waals surface area contributed by atoms with E-state index in [0.29, 0.717) is 23.5 Å². The number of allylic oxidation sites excluding steroid dienone is 1. The van der Waals surface area contributed by atoms with Gasteiger partial charge in [0.25, 0.3) is 5.91 Å². The lowest BCUT2D eigenvalue weighted by molar-refractivity contribution is 0.0951. The third-order valence-electron chi connectivity index (χ3n) is 5.64. The monoisotopic (exact) mass is 489 g/mol. The van der Waals surface area contributed by atoms with Gasteiger partial charge in [0, 0.05) is 41.0 Å². The molecule has 0 aliphatic carbocycles. The number of nitrogens with one attached hydrogen (secondary N) is 2. The Morgan fingerprint density at radius 2 is 2.00 bits per heavy atom. The zero-order valence-corrected chi connectivity index (χ0v) is 19.4. The molecule has 1 atom stereocenters. The van der Waals surface area contributed by atoms with Gasteiger partial charge in [-0.25, -0.2) is 23.7 Å². The van der Waals surface area contributed by atoms with E-state index in [1.54, 1.807) is 36.4 Å². The van der Waals surface area contributed by atoms with Gasteiger partial charge in [-0.2, -0.15) is 0 Å². The minimum atomic E-state index is -0.945. The van der Waals surface area contributed by atoms with Crippen LogP contribution in [0.5, 0.6) is 0 Å². The molecule has 1 aliphatic rings. The van der Waals surface area contributed by atoms with Gasteiger partial charge in [-0.3, -0.25) is 4.79 Å². The lowest BCUT2D eigenvalue weighted by Crippen LogP contribution is -2.25. The lowest BCUT2D eigenvalue weighted by Gasteiger charge is -2.15. The number of anilines is 1. The summed E-state index contributed by atoms with van der Waals surface area (Å²) < 4.78 is 26.5. The largest absolute Gasteiger partial charge is 0.368 e. The van der Waals surface area contributed by atoms with E-state index < -0.39 is 11.6 Å². The van der Waals surface area contributed by atoms with Crippen molar-refractivity contribution >= 4 is 39.3 Å². The average molecular weight is 490 g/mol. The van der Waals surface area contributed by atoms with Gasteiger partial charge in [-0.05, 0) is 53.9 Å². The second kappa shape index (κ2) is 10.2. The highest BCUT2D eigenvalue weighted by Crippen LogP contribution is 2.40. The van der Waals surface area contributed by atoms with Crippen molar-refractivity contribution in [1.29, 1.82) is 0 Å². The third kappa shape index (κ3) is 5.30. The number of hydrogen-bond acceptors (Lipinski definition) is 6. The molecule has 2 aromatic heterocycles. The number of pyridine rings is 1. The molecule has 0 spiro atoms. The zero-order valence-electron chi connectivity index (χ0n) is 18.5. The molecule has 1 aliphatic heterocycles. The molecule has 1 unspecified atom stereocenters. The van der Waals surface area contributed by atoms with Crippen molar-refractivity contribution in [3.63, 3.8) is 0 Å². The third-order valence-corrected chi connectivity index (χ3v) is 6.98. The molecule has 6 nitrogen and oxygen atoms in total. The molecule has 1 amide bonds. The maximum atomic E-state index is 13.4. The number of fused-ring (bicyclic) bond motifs is 1. The number of carbonyl (C=O) groups is 1. The second-order valence-corrected chi connectivity index (χ2v) is 9.39. The molecular formula is C26H21F2N5OS. The highest BCUT2D eigenvalue weighted by molar-refractivity contribution is 8.09. The molecule has 0 saturated carbocycles. The van der Waals surface area contributed by atoms with Gasteiger partial charge in [0.1, 0.15) is 12.1 Å². The Labute approximate surface area is 204 Å². The van der Waals surface area contributed by atoms with Crippen molar-refractivity contribution in [2.24, 2.45) is 0 Å². The smallest absolute Gasteiger partial charge is 0.255 e. The predicted octanol–water partition coefficient (Wildman–Crippen LogP) is 5.19. The quantitative estimate of drug-likeness (QED) is 0.372. The van der Waals surface area contributed by atoms with Crippen LogP contribution in [0.2, 0.25) is 0 Å². The molecule has 4 aromatic rings. The van der Waals surface area contributed by atoms with E-state index in [1.807, 2.05) is 12.3 Å². The summed E-state index contributed by atoms with van der Waals surface area (Å²) in [5, 5.41) is 7.32. The first kappa shape index (κ1) is 22.9. The van der Waals surface area contributed by atoms with E-state index in [9.17, 15) is 13.6 Å². The lowest BCUT2D eigenvalue weighted by atomic mass is 10.1. The first-order valence-corrected chi connectivity index (χ1v) is 11.9. The summed E-state index contributed by atoms with van der Waals surface area (Å²) in [6, 6.07) is 13.1. The Hall–Kier alpha value is -3.85. The number of nitrogens with zero attached hydrogens (tertiary/aromatic N) is 3. The Kier molecular flexibility index (Phi) is 6.67. The summed E-state index contributed by atoms with van der Waals surface area (Å²) in [5.74, 6) is -1.73. The van der Waals surface area contributed by atoms with Crippen LogP contribution >= 0.6 is 11.8 Å². The molecule has 9 heteroatoms. The zero-order chi connectivity index (χ0) is 24.2. The molecule has 2 aromatic carbocycles. The number of thioether (sulfide) groups is 1. The van der Waals surface area contributed by atoms with Gasteiger partial charge in [0.15, 0.2) is 11.6 Å². The fourth-order valence-corrected chi connectivity index (χ4v) is 5.00. The van der Waals surface area contributed by atoms with E-state index in [0.717, 1.165) is 35.0 Å². The molecule has 0 fully saturated rings. The van der Waals surface area contributed by atoms with Crippen molar-refractivity contribution in [3.05, 3.63) is 102 Å². The standard InChI is InChI=1S/C26H21F2N5OS/c27-21-6-3-16(10-22(21)28)12-32-26(34)20-2-1-9-30-25(20)31-14-19-5-8-24(35-19)17-4-7-23-18(11-17)13-29-15-33-23/h1-4,6-11,13,15,19H,5,12,14H2,(H,30,31)(H,32,34). The van der Waals surface area contributed by atoms with Crippen molar-refractivity contribution in [1.82, 2.24) is 20.3 Å². The van der Waals surface area contributed by atoms with E-state index >= 15 is 0 Å². The number of aromatic nitrogens is 3. The van der Waals surface area contributed by atoms with Crippen molar-refractivity contribution < 1.29 is 13.6 Å². The maximum absolute atomic E-state index is 13.4. The van der Waals surface area contributed by atoms with Crippen LogP contribution < -0.4 is 10.6 Å². The van der Waals surface area contributed by atoms with Gasteiger partial charge in [0.05, 0.1) is 11.1 Å². The van der Waals surface area contributed by atoms with Crippen LogP contribution in [-0.2, 0) is 6.54 Å². The van der Waals surface area contributed by atoms with Crippen LogP contribution in [0.15, 0.2) is 73.3 Å².